The number of anilines is 2. The number of benzene rings is 1. The van der Waals surface area contributed by atoms with Gasteiger partial charge in [0.1, 0.15) is 23.7 Å². The van der Waals surface area contributed by atoms with Crippen LogP contribution in [0, 0.1) is 0 Å². The molecule has 2 saturated heterocycles. The highest BCUT2D eigenvalue weighted by atomic mass is 16.5. The van der Waals surface area contributed by atoms with Crippen molar-refractivity contribution < 1.29 is 9.53 Å². The topological polar surface area (TPSA) is 65.0 Å². The summed E-state index contributed by atoms with van der Waals surface area (Å²) in [5.41, 5.74) is 0.626. The number of aromatic nitrogens is 2. The van der Waals surface area contributed by atoms with Crippen LogP contribution >= 0.6 is 0 Å². The SMILES string of the molecule is COc1ccccc1C1(C(=O)N2CCN(c3cc(N4CCN(C)CC4)ncn3)CC2)CC1. The largest absolute Gasteiger partial charge is 0.496 e. The summed E-state index contributed by atoms with van der Waals surface area (Å²) < 4.78 is 5.55. The predicted molar refractivity (Wildman–Crippen MR) is 124 cm³/mol. The van der Waals surface area contributed by atoms with Gasteiger partial charge in [0.25, 0.3) is 0 Å². The number of piperazine rings is 2. The maximum atomic E-state index is 13.5. The highest BCUT2D eigenvalue weighted by Crippen LogP contribution is 2.52. The molecule has 3 aliphatic rings. The number of para-hydroxylation sites is 1. The molecule has 3 heterocycles. The summed E-state index contributed by atoms with van der Waals surface area (Å²) in [4.78, 5) is 31.5. The van der Waals surface area contributed by atoms with Crippen molar-refractivity contribution in [3.8, 4) is 5.75 Å². The second kappa shape index (κ2) is 8.58. The van der Waals surface area contributed by atoms with E-state index in [-0.39, 0.29) is 5.91 Å². The van der Waals surface area contributed by atoms with E-state index in [4.69, 9.17) is 4.74 Å². The van der Waals surface area contributed by atoms with Gasteiger partial charge in [0.05, 0.1) is 12.5 Å². The number of amides is 1. The van der Waals surface area contributed by atoms with Gasteiger partial charge in [0.15, 0.2) is 0 Å². The number of carbonyl (C=O) groups is 1. The van der Waals surface area contributed by atoms with E-state index >= 15 is 0 Å². The summed E-state index contributed by atoms with van der Waals surface area (Å²) in [5, 5.41) is 0. The minimum Gasteiger partial charge on any atom is -0.496 e. The van der Waals surface area contributed by atoms with Crippen molar-refractivity contribution in [2.75, 3.05) is 76.3 Å². The molecule has 2 aromatic rings. The Kier molecular flexibility index (Phi) is 5.63. The molecular formula is C24H32N6O2. The van der Waals surface area contributed by atoms with Crippen molar-refractivity contribution in [2.45, 2.75) is 18.3 Å². The van der Waals surface area contributed by atoms with Crippen LogP contribution in [0.2, 0.25) is 0 Å². The number of hydrogen-bond donors (Lipinski definition) is 0. The van der Waals surface area contributed by atoms with Crippen molar-refractivity contribution in [2.24, 2.45) is 0 Å². The van der Waals surface area contributed by atoms with Crippen LogP contribution in [0.4, 0.5) is 11.6 Å². The predicted octanol–water partition coefficient (Wildman–Crippen LogP) is 1.62. The third kappa shape index (κ3) is 3.88. The van der Waals surface area contributed by atoms with Crippen molar-refractivity contribution >= 4 is 17.5 Å². The molecule has 32 heavy (non-hydrogen) atoms. The molecule has 8 heteroatoms. The standard InChI is InChI=1S/C24H32N6O2/c1-27-9-11-28(12-10-27)21-17-22(26-18-25-21)29-13-15-30(16-14-29)23(31)24(7-8-24)19-5-3-4-6-20(19)32-2/h3-6,17-18H,7-16H2,1-2H3. The zero-order chi connectivity index (χ0) is 22.1. The lowest BCUT2D eigenvalue weighted by molar-refractivity contribution is -0.134. The van der Waals surface area contributed by atoms with E-state index in [0.29, 0.717) is 13.1 Å². The second-order valence-electron chi connectivity index (χ2n) is 9.09. The Hall–Kier alpha value is -2.87. The number of nitrogens with zero attached hydrogens (tertiary/aromatic N) is 6. The van der Waals surface area contributed by atoms with Crippen LogP contribution in [0.25, 0.3) is 0 Å². The Morgan fingerprint density at radius 2 is 1.50 bits per heavy atom. The summed E-state index contributed by atoms with van der Waals surface area (Å²) in [5.74, 6) is 3.00. The van der Waals surface area contributed by atoms with Gasteiger partial charge >= 0.3 is 0 Å². The van der Waals surface area contributed by atoms with Crippen LogP contribution in [0.3, 0.4) is 0 Å². The summed E-state index contributed by atoms with van der Waals surface area (Å²) in [7, 11) is 3.83. The lowest BCUT2D eigenvalue weighted by atomic mass is 9.93. The van der Waals surface area contributed by atoms with Crippen LogP contribution < -0.4 is 14.5 Å². The monoisotopic (exact) mass is 436 g/mol. The molecule has 0 bridgehead atoms. The molecule has 2 aliphatic heterocycles. The average Bonchev–Trinajstić information content (AvgIpc) is 3.66. The number of likely N-dealkylation sites (N-methyl/N-ethyl adjacent to an activating group) is 1. The van der Waals surface area contributed by atoms with Crippen LogP contribution in [0.15, 0.2) is 36.7 Å². The highest BCUT2D eigenvalue weighted by Gasteiger charge is 2.54. The molecule has 170 valence electrons. The zero-order valence-corrected chi connectivity index (χ0v) is 19.0. The molecule has 0 N–H and O–H groups in total. The number of methoxy groups -OCH3 is 1. The van der Waals surface area contributed by atoms with Gasteiger partial charge in [-0.25, -0.2) is 9.97 Å². The van der Waals surface area contributed by atoms with Crippen LogP contribution in [0.5, 0.6) is 5.75 Å². The molecule has 3 fully saturated rings. The van der Waals surface area contributed by atoms with E-state index in [1.54, 1.807) is 13.4 Å². The van der Waals surface area contributed by atoms with Gasteiger partial charge in [-0.15, -0.1) is 0 Å². The Morgan fingerprint density at radius 1 is 0.906 bits per heavy atom. The molecule has 8 nitrogen and oxygen atoms in total. The molecule has 1 amide bonds. The van der Waals surface area contributed by atoms with Gasteiger partial charge in [0.2, 0.25) is 5.91 Å². The average molecular weight is 437 g/mol. The third-order valence-electron chi connectivity index (χ3n) is 7.14. The van der Waals surface area contributed by atoms with Gasteiger partial charge in [-0.1, -0.05) is 18.2 Å². The minimum atomic E-state index is -0.404. The van der Waals surface area contributed by atoms with E-state index in [2.05, 4.69) is 37.8 Å². The van der Waals surface area contributed by atoms with Gasteiger partial charge in [0, 0.05) is 64.0 Å². The number of hydrogen-bond acceptors (Lipinski definition) is 7. The summed E-state index contributed by atoms with van der Waals surface area (Å²) in [6.07, 6.45) is 3.46. The number of carbonyl (C=O) groups excluding carboxylic acids is 1. The van der Waals surface area contributed by atoms with Crippen molar-refractivity contribution in [1.82, 2.24) is 19.8 Å². The van der Waals surface area contributed by atoms with E-state index in [0.717, 1.165) is 75.1 Å². The molecule has 0 radical (unpaired) electrons. The quantitative estimate of drug-likeness (QED) is 0.706. The molecule has 1 saturated carbocycles. The maximum absolute atomic E-state index is 13.5. The van der Waals surface area contributed by atoms with Gasteiger partial charge in [-0.05, 0) is 26.0 Å². The van der Waals surface area contributed by atoms with E-state index in [9.17, 15) is 4.79 Å². The fourth-order valence-corrected chi connectivity index (χ4v) is 4.92. The Balaban J connectivity index is 1.24. The normalized spacial score (nSPS) is 20.9. The van der Waals surface area contributed by atoms with Gasteiger partial charge in [-0.3, -0.25) is 4.79 Å². The van der Waals surface area contributed by atoms with Crippen LogP contribution in [-0.2, 0) is 10.2 Å². The van der Waals surface area contributed by atoms with Gasteiger partial charge in [-0.2, -0.15) is 0 Å². The second-order valence-corrected chi connectivity index (χ2v) is 9.09. The van der Waals surface area contributed by atoms with Crippen molar-refractivity contribution in [1.29, 1.82) is 0 Å². The van der Waals surface area contributed by atoms with Crippen LogP contribution in [0.1, 0.15) is 18.4 Å². The molecule has 1 aromatic heterocycles. The fraction of sp³-hybridized carbons (Fsp3) is 0.542. The summed E-state index contributed by atoms with van der Waals surface area (Å²) in [6.45, 7) is 7.07. The van der Waals surface area contributed by atoms with Crippen LogP contribution in [-0.4, -0.2) is 92.2 Å². The van der Waals surface area contributed by atoms with Gasteiger partial charge < -0.3 is 24.3 Å². The number of ether oxygens (including phenoxy) is 1. The van der Waals surface area contributed by atoms with E-state index < -0.39 is 5.41 Å². The first-order chi connectivity index (χ1) is 15.6. The third-order valence-corrected chi connectivity index (χ3v) is 7.14. The molecular weight excluding hydrogens is 404 g/mol. The highest BCUT2D eigenvalue weighted by molar-refractivity contribution is 5.92. The number of rotatable bonds is 5. The summed E-state index contributed by atoms with van der Waals surface area (Å²) >= 11 is 0. The molecule has 1 aliphatic carbocycles. The maximum Gasteiger partial charge on any atom is 0.233 e. The molecule has 0 spiro atoms. The Morgan fingerprint density at radius 3 is 2.09 bits per heavy atom. The lowest BCUT2D eigenvalue weighted by Crippen LogP contribution is -2.52. The minimum absolute atomic E-state index is 0.238. The molecule has 0 atom stereocenters. The molecule has 0 unspecified atom stereocenters. The first-order valence-electron chi connectivity index (χ1n) is 11.5. The zero-order valence-electron chi connectivity index (χ0n) is 19.0. The smallest absolute Gasteiger partial charge is 0.233 e. The molecule has 1 aromatic carbocycles. The van der Waals surface area contributed by atoms with Crippen molar-refractivity contribution in [3.63, 3.8) is 0 Å². The van der Waals surface area contributed by atoms with E-state index in [1.165, 1.54) is 0 Å². The summed E-state index contributed by atoms with van der Waals surface area (Å²) in [6, 6.07) is 10.0. The first-order valence-corrected chi connectivity index (χ1v) is 11.5. The lowest BCUT2D eigenvalue weighted by Gasteiger charge is -2.38. The van der Waals surface area contributed by atoms with E-state index in [1.807, 2.05) is 29.2 Å². The fourth-order valence-electron chi connectivity index (χ4n) is 4.92. The first kappa shape index (κ1) is 21.0. The molecule has 5 rings (SSSR count). The van der Waals surface area contributed by atoms with Crippen molar-refractivity contribution in [3.05, 3.63) is 42.2 Å². The Bertz CT molecular complexity index is 962. The Labute approximate surface area is 189 Å².